The van der Waals surface area contributed by atoms with Crippen molar-refractivity contribution >= 4 is 49.6 Å². The lowest BCUT2D eigenvalue weighted by atomic mass is 9.99. The molecular formula is C44H31N5. The molecule has 0 bridgehead atoms. The maximum Gasteiger partial charge on any atom is 0.238 e. The summed E-state index contributed by atoms with van der Waals surface area (Å²) in [6.07, 6.45) is 5.92. The number of aromatic nitrogens is 5. The van der Waals surface area contributed by atoms with Crippen LogP contribution in [0, 0.1) is 6.92 Å². The molecule has 0 N–H and O–H groups in total. The van der Waals surface area contributed by atoms with Crippen LogP contribution in [0.4, 0.5) is 0 Å². The first kappa shape index (κ1) is 28.6. The number of aryl methyl sites for hydroxylation is 1. The number of benzene rings is 6. The number of para-hydroxylation sites is 2. The number of nitrogens with zero attached hydrogens (tertiary/aromatic N) is 5. The van der Waals surface area contributed by atoms with Crippen LogP contribution in [-0.4, -0.2) is 24.1 Å². The molecule has 9 rings (SSSR count). The number of hydrogen-bond acceptors (Lipinski definition) is 3. The average Bonchev–Trinajstić information content (AvgIpc) is 3.67. The average molecular weight is 630 g/mol. The zero-order chi connectivity index (χ0) is 32.9. The molecule has 9 aromatic rings. The summed E-state index contributed by atoms with van der Waals surface area (Å²) < 4.78 is 4.63. The molecule has 0 amide bonds. The molecule has 49 heavy (non-hydrogen) atoms. The molecule has 5 heteroatoms. The van der Waals surface area contributed by atoms with Crippen molar-refractivity contribution in [2.75, 3.05) is 0 Å². The highest BCUT2D eigenvalue weighted by atomic mass is 15.2. The van der Waals surface area contributed by atoms with Gasteiger partial charge in [-0.3, -0.25) is 4.57 Å². The molecule has 0 aliphatic carbocycles. The lowest BCUT2D eigenvalue weighted by Crippen LogP contribution is -2.08. The van der Waals surface area contributed by atoms with Gasteiger partial charge in [-0.25, -0.2) is 4.98 Å². The lowest BCUT2D eigenvalue weighted by molar-refractivity contribution is 0.925. The van der Waals surface area contributed by atoms with E-state index < -0.39 is 0 Å². The maximum atomic E-state index is 5.21. The van der Waals surface area contributed by atoms with E-state index in [0.717, 1.165) is 49.9 Å². The van der Waals surface area contributed by atoms with Gasteiger partial charge in [-0.05, 0) is 36.8 Å². The van der Waals surface area contributed by atoms with Crippen LogP contribution in [0.25, 0.3) is 84.0 Å². The minimum Gasteiger partial charge on any atom is -0.309 e. The number of allylic oxidation sites excluding steroid dienone is 2. The Bertz CT molecular complexity index is 2660. The highest BCUT2D eigenvalue weighted by Crippen LogP contribution is 2.46. The van der Waals surface area contributed by atoms with Crippen molar-refractivity contribution in [2.45, 2.75) is 6.92 Å². The van der Waals surface area contributed by atoms with E-state index in [2.05, 4.69) is 108 Å². The Balaban J connectivity index is 1.50. The van der Waals surface area contributed by atoms with E-state index in [9.17, 15) is 0 Å². The Hall–Kier alpha value is -6.59. The Labute approximate surface area is 283 Å². The van der Waals surface area contributed by atoms with Crippen molar-refractivity contribution < 1.29 is 0 Å². The molecule has 0 atom stereocenters. The summed E-state index contributed by atoms with van der Waals surface area (Å²) in [5, 5.41) is 5.85. The first-order valence-electron chi connectivity index (χ1n) is 16.4. The van der Waals surface area contributed by atoms with Crippen LogP contribution < -0.4 is 0 Å². The quantitative estimate of drug-likeness (QED) is 0.172. The van der Waals surface area contributed by atoms with Crippen LogP contribution >= 0.6 is 0 Å². The predicted molar refractivity (Wildman–Crippen MR) is 203 cm³/mol. The molecule has 5 nitrogen and oxygen atoms in total. The molecule has 3 aromatic heterocycles. The Morgan fingerprint density at radius 2 is 1.04 bits per heavy atom. The Morgan fingerprint density at radius 3 is 1.63 bits per heavy atom. The van der Waals surface area contributed by atoms with E-state index in [1.165, 1.54) is 21.7 Å². The van der Waals surface area contributed by atoms with Crippen molar-refractivity contribution in [3.8, 4) is 34.4 Å². The second-order valence-corrected chi connectivity index (χ2v) is 12.1. The van der Waals surface area contributed by atoms with Crippen LogP contribution in [0.3, 0.4) is 0 Å². The minimum atomic E-state index is 0.561. The van der Waals surface area contributed by atoms with Gasteiger partial charge in [0.2, 0.25) is 5.95 Å². The van der Waals surface area contributed by atoms with Crippen molar-refractivity contribution in [3.63, 3.8) is 0 Å². The third-order valence-electron chi connectivity index (χ3n) is 9.31. The smallest absolute Gasteiger partial charge is 0.238 e. The van der Waals surface area contributed by atoms with Crippen LogP contribution in [0.1, 0.15) is 11.3 Å². The zero-order valence-electron chi connectivity index (χ0n) is 27.0. The van der Waals surface area contributed by atoms with E-state index in [1.54, 1.807) is 0 Å². The molecule has 0 fully saturated rings. The second kappa shape index (κ2) is 11.6. The maximum absolute atomic E-state index is 5.21. The highest BCUT2D eigenvalue weighted by Gasteiger charge is 2.26. The van der Waals surface area contributed by atoms with E-state index in [-0.39, 0.29) is 0 Å². The van der Waals surface area contributed by atoms with Gasteiger partial charge in [-0.1, -0.05) is 140 Å². The van der Waals surface area contributed by atoms with Crippen molar-refractivity contribution in [2.24, 2.45) is 0 Å². The summed E-state index contributed by atoms with van der Waals surface area (Å²) in [4.78, 5) is 15.4. The standard InChI is InChI=1S/C44H31N5/c1-3-4-27-36-29(2)38-39-35-26-16-17-28-37(35)48(32-22-12-7-13-23-32)41(39)34-25-15-14-24-33(34)40(38)49(36)44-46-42(30-18-8-5-9-19-30)45-43(47-44)31-20-10-6-11-21-31/h3-28H,1H2,2H3/b27-4-. The molecule has 0 unspecified atom stereocenters. The highest BCUT2D eigenvalue weighted by molar-refractivity contribution is 6.33. The third-order valence-corrected chi connectivity index (χ3v) is 9.31. The first-order chi connectivity index (χ1) is 24.2. The molecule has 0 spiro atoms. The van der Waals surface area contributed by atoms with E-state index in [0.29, 0.717) is 17.6 Å². The van der Waals surface area contributed by atoms with Crippen LogP contribution in [0.15, 0.2) is 158 Å². The van der Waals surface area contributed by atoms with Gasteiger partial charge in [-0.2, -0.15) is 9.97 Å². The summed E-state index contributed by atoms with van der Waals surface area (Å²) in [5.74, 6) is 1.80. The monoisotopic (exact) mass is 629 g/mol. The lowest BCUT2D eigenvalue weighted by Gasteiger charge is -2.14. The van der Waals surface area contributed by atoms with Gasteiger partial charge in [-0.15, -0.1) is 0 Å². The van der Waals surface area contributed by atoms with Gasteiger partial charge in [0.05, 0.1) is 22.2 Å². The molecule has 0 radical (unpaired) electrons. The normalized spacial score (nSPS) is 11.8. The Kier molecular flexibility index (Phi) is 6.76. The second-order valence-electron chi connectivity index (χ2n) is 12.1. The molecule has 0 aliphatic heterocycles. The summed E-state index contributed by atoms with van der Waals surface area (Å²) in [5.41, 5.74) is 8.52. The molecule has 0 aliphatic rings. The van der Waals surface area contributed by atoms with Gasteiger partial charge in [0, 0.05) is 43.7 Å². The van der Waals surface area contributed by atoms with Crippen molar-refractivity contribution in [1.82, 2.24) is 24.1 Å². The van der Waals surface area contributed by atoms with E-state index in [4.69, 9.17) is 15.0 Å². The predicted octanol–water partition coefficient (Wildman–Crippen LogP) is 10.9. The fraction of sp³-hybridized carbons (Fsp3) is 0.0227. The molecule has 3 heterocycles. The fourth-order valence-corrected chi connectivity index (χ4v) is 7.22. The zero-order valence-corrected chi connectivity index (χ0v) is 27.0. The largest absolute Gasteiger partial charge is 0.309 e. The first-order valence-corrected chi connectivity index (χ1v) is 16.4. The molecular weight excluding hydrogens is 599 g/mol. The van der Waals surface area contributed by atoms with Crippen LogP contribution in [0.5, 0.6) is 0 Å². The van der Waals surface area contributed by atoms with Crippen LogP contribution in [0.2, 0.25) is 0 Å². The van der Waals surface area contributed by atoms with Crippen molar-refractivity contribution in [1.29, 1.82) is 0 Å². The van der Waals surface area contributed by atoms with Crippen LogP contribution in [-0.2, 0) is 0 Å². The summed E-state index contributed by atoms with van der Waals surface area (Å²) in [6.45, 7) is 6.22. The van der Waals surface area contributed by atoms with E-state index >= 15 is 0 Å². The SMILES string of the molecule is C=C/C=C\c1c(C)c2c3c4ccccc4n(-c4ccccc4)c3c3ccccc3c2n1-c1nc(-c2ccccc2)nc(-c2ccccc2)n1. The van der Waals surface area contributed by atoms with Gasteiger partial charge in [0.15, 0.2) is 11.6 Å². The van der Waals surface area contributed by atoms with E-state index in [1.807, 2.05) is 72.8 Å². The molecule has 0 saturated heterocycles. The van der Waals surface area contributed by atoms with Gasteiger partial charge < -0.3 is 4.57 Å². The van der Waals surface area contributed by atoms with Gasteiger partial charge in [0.1, 0.15) is 0 Å². The molecule has 0 saturated carbocycles. The fourth-order valence-electron chi connectivity index (χ4n) is 7.22. The topological polar surface area (TPSA) is 48.5 Å². The van der Waals surface area contributed by atoms with Gasteiger partial charge >= 0.3 is 0 Å². The molecule has 232 valence electrons. The number of hydrogen-bond donors (Lipinski definition) is 0. The Morgan fingerprint density at radius 1 is 0.531 bits per heavy atom. The van der Waals surface area contributed by atoms with Gasteiger partial charge in [0.25, 0.3) is 0 Å². The summed E-state index contributed by atoms with van der Waals surface area (Å²) in [6, 6.07) is 48.3. The number of rotatable bonds is 6. The third kappa shape index (κ3) is 4.51. The summed E-state index contributed by atoms with van der Waals surface area (Å²) in [7, 11) is 0. The summed E-state index contributed by atoms with van der Waals surface area (Å²) >= 11 is 0. The minimum absolute atomic E-state index is 0.561. The number of fused-ring (bicyclic) bond motifs is 8. The van der Waals surface area contributed by atoms with Crippen molar-refractivity contribution in [3.05, 3.63) is 170 Å². The molecule has 6 aromatic carbocycles.